The fourth-order valence-corrected chi connectivity index (χ4v) is 3.57. The molecule has 0 saturated carbocycles. The van der Waals surface area contributed by atoms with E-state index < -0.39 is 0 Å². The number of rotatable bonds is 7. The van der Waals surface area contributed by atoms with Crippen molar-refractivity contribution in [2.24, 2.45) is 0 Å². The Kier molecular flexibility index (Phi) is 7.86. The van der Waals surface area contributed by atoms with E-state index in [1.165, 1.54) is 0 Å². The van der Waals surface area contributed by atoms with Crippen LogP contribution in [-0.2, 0) is 16.1 Å². The van der Waals surface area contributed by atoms with E-state index in [1.54, 1.807) is 31.4 Å². The van der Waals surface area contributed by atoms with Crippen LogP contribution in [0.1, 0.15) is 29.8 Å². The molecule has 2 amide bonds. The van der Waals surface area contributed by atoms with Crippen LogP contribution in [0.2, 0.25) is 0 Å². The highest BCUT2D eigenvalue weighted by atomic mass is 16.5. The summed E-state index contributed by atoms with van der Waals surface area (Å²) >= 11 is 0. The van der Waals surface area contributed by atoms with Gasteiger partial charge in [-0.2, -0.15) is 0 Å². The Hall–Kier alpha value is -3.10. The van der Waals surface area contributed by atoms with Gasteiger partial charge in [-0.1, -0.05) is 12.1 Å². The molecule has 8 heteroatoms. The Labute approximate surface area is 182 Å². The van der Waals surface area contributed by atoms with Crippen LogP contribution in [0.4, 0.5) is 5.69 Å². The van der Waals surface area contributed by atoms with Crippen LogP contribution in [0.5, 0.6) is 5.75 Å². The lowest BCUT2D eigenvalue weighted by molar-refractivity contribution is -0.120. The first-order chi connectivity index (χ1) is 14.9. The summed E-state index contributed by atoms with van der Waals surface area (Å²) in [5.41, 5.74) is 7.25. The molecule has 166 valence electrons. The first-order valence-electron chi connectivity index (χ1n) is 10.4. The second kappa shape index (κ2) is 10.8. The molecule has 0 spiro atoms. The number of carbonyl (C=O) groups is 2. The average molecular weight is 427 g/mol. The number of methoxy groups -OCH3 is 1. The van der Waals surface area contributed by atoms with Gasteiger partial charge in [-0.25, -0.2) is 0 Å². The maximum Gasteiger partial charge on any atom is 0.269 e. The summed E-state index contributed by atoms with van der Waals surface area (Å²) in [5, 5.41) is 2.98. The Bertz CT molecular complexity index is 860. The molecule has 1 saturated heterocycles. The number of amides is 2. The first kappa shape index (κ1) is 22.6. The molecule has 2 unspecified atom stereocenters. The van der Waals surface area contributed by atoms with Crippen LogP contribution in [0.25, 0.3) is 0 Å². The van der Waals surface area contributed by atoms with E-state index in [2.05, 4.69) is 34.9 Å². The van der Waals surface area contributed by atoms with Gasteiger partial charge in [0, 0.05) is 30.9 Å². The maximum atomic E-state index is 12.3. The summed E-state index contributed by atoms with van der Waals surface area (Å²) in [7, 11) is 1.59. The predicted molar refractivity (Wildman–Crippen MR) is 119 cm³/mol. The smallest absolute Gasteiger partial charge is 0.269 e. The highest BCUT2D eigenvalue weighted by Gasteiger charge is 2.22. The van der Waals surface area contributed by atoms with Gasteiger partial charge >= 0.3 is 0 Å². The third-order valence-electron chi connectivity index (χ3n) is 4.98. The maximum absolute atomic E-state index is 12.3. The van der Waals surface area contributed by atoms with Crippen molar-refractivity contribution in [1.82, 2.24) is 15.8 Å². The number of anilines is 1. The summed E-state index contributed by atoms with van der Waals surface area (Å²) in [4.78, 5) is 26.6. The quantitative estimate of drug-likeness (QED) is 0.588. The van der Waals surface area contributed by atoms with Gasteiger partial charge in [-0.05, 0) is 55.8 Å². The number of hydrogen-bond donors (Lipinski definition) is 3. The minimum Gasteiger partial charge on any atom is -0.497 e. The van der Waals surface area contributed by atoms with Crippen LogP contribution in [0, 0.1) is 0 Å². The number of nitrogens with one attached hydrogen (secondary N) is 3. The second-order valence-corrected chi connectivity index (χ2v) is 7.73. The molecule has 0 aliphatic carbocycles. The van der Waals surface area contributed by atoms with Crippen molar-refractivity contribution in [3.05, 3.63) is 59.7 Å². The minimum atomic E-state index is -0.363. The molecule has 31 heavy (non-hydrogen) atoms. The normalized spacial score (nSPS) is 18.8. The Balaban J connectivity index is 1.42. The van der Waals surface area contributed by atoms with Gasteiger partial charge in [0.25, 0.3) is 11.8 Å². The number of hydrazine groups is 1. The van der Waals surface area contributed by atoms with Crippen molar-refractivity contribution >= 4 is 17.5 Å². The summed E-state index contributed by atoms with van der Waals surface area (Å²) in [5.74, 6) is 0.0247. The number of carbonyl (C=O) groups excluding carboxylic acids is 2. The Morgan fingerprint density at radius 1 is 1.00 bits per heavy atom. The molecule has 8 nitrogen and oxygen atoms in total. The van der Waals surface area contributed by atoms with E-state index in [9.17, 15) is 9.59 Å². The monoisotopic (exact) mass is 426 g/mol. The fraction of sp³-hybridized carbons (Fsp3) is 0.391. The third kappa shape index (κ3) is 6.97. The largest absolute Gasteiger partial charge is 0.497 e. The Morgan fingerprint density at radius 3 is 2.26 bits per heavy atom. The topological polar surface area (TPSA) is 91.9 Å². The van der Waals surface area contributed by atoms with Gasteiger partial charge in [0.1, 0.15) is 5.75 Å². The molecule has 3 N–H and O–H groups in total. The van der Waals surface area contributed by atoms with Crippen molar-refractivity contribution < 1.29 is 19.1 Å². The zero-order valence-electron chi connectivity index (χ0n) is 18.2. The Morgan fingerprint density at radius 2 is 1.65 bits per heavy atom. The first-order valence-corrected chi connectivity index (χ1v) is 10.4. The molecule has 1 heterocycles. The average Bonchev–Trinajstić information content (AvgIpc) is 2.76. The summed E-state index contributed by atoms with van der Waals surface area (Å²) < 4.78 is 10.9. The van der Waals surface area contributed by atoms with Gasteiger partial charge in [0.15, 0.2) is 0 Å². The fourth-order valence-electron chi connectivity index (χ4n) is 3.57. The number of benzene rings is 2. The van der Waals surface area contributed by atoms with Crippen LogP contribution >= 0.6 is 0 Å². The molecule has 0 radical (unpaired) electrons. The van der Waals surface area contributed by atoms with E-state index in [4.69, 9.17) is 9.47 Å². The molecule has 1 fully saturated rings. The highest BCUT2D eigenvalue weighted by Crippen LogP contribution is 2.15. The zero-order valence-corrected chi connectivity index (χ0v) is 18.2. The minimum absolute atomic E-state index is 0.0297. The van der Waals surface area contributed by atoms with E-state index in [1.807, 2.05) is 24.3 Å². The lowest BCUT2D eigenvalue weighted by Crippen LogP contribution is -2.44. The number of morpholine rings is 1. The van der Waals surface area contributed by atoms with Crippen LogP contribution in [0.15, 0.2) is 48.5 Å². The second-order valence-electron chi connectivity index (χ2n) is 7.73. The third-order valence-corrected chi connectivity index (χ3v) is 4.98. The van der Waals surface area contributed by atoms with Crippen LogP contribution < -0.4 is 20.9 Å². The molecule has 2 aromatic rings. The summed E-state index contributed by atoms with van der Waals surface area (Å²) in [6, 6.07) is 14.6. The molecule has 3 rings (SSSR count). The highest BCUT2D eigenvalue weighted by molar-refractivity contribution is 5.95. The van der Waals surface area contributed by atoms with Crippen LogP contribution in [-0.4, -0.2) is 55.7 Å². The molecule has 0 bridgehead atoms. The van der Waals surface area contributed by atoms with Gasteiger partial charge in [-0.3, -0.25) is 25.3 Å². The summed E-state index contributed by atoms with van der Waals surface area (Å²) in [6.45, 7) is 6.79. The van der Waals surface area contributed by atoms with E-state index in [0.717, 1.165) is 36.6 Å². The molecule has 0 aromatic heterocycles. The van der Waals surface area contributed by atoms with Gasteiger partial charge < -0.3 is 14.8 Å². The van der Waals surface area contributed by atoms with E-state index in [0.29, 0.717) is 5.56 Å². The molecular weight excluding hydrogens is 396 g/mol. The lowest BCUT2D eigenvalue weighted by atomic mass is 10.1. The van der Waals surface area contributed by atoms with Crippen molar-refractivity contribution in [3.8, 4) is 5.75 Å². The lowest BCUT2D eigenvalue weighted by Gasteiger charge is -2.35. The number of ether oxygens (including phenoxy) is 2. The van der Waals surface area contributed by atoms with Gasteiger partial charge in [-0.15, -0.1) is 0 Å². The summed E-state index contributed by atoms with van der Waals surface area (Å²) in [6.07, 6.45) is 0.438. The number of nitrogens with zero attached hydrogens (tertiary/aromatic N) is 1. The predicted octanol–water partition coefficient (Wildman–Crippen LogP) is 2.18. The molecule has 1 aliphatic heterocycles. The van der Waals surface area contributed by atoms with Crippen LogP contribution in [0.3, 0.4) is 0 Å². The molecular formula is C23H30N4O4. The van der Waals surface area contributed by atoms with Crippen molar-refractivity contribution in [2.75, 3.05) is 32.1 Å². The molecule has 2 atom stereocenters. The SMILES string of the molecule is COc1ccc(NCC(=O)NNC(=O)c2ccc(CN3CC(C)OC(C)C3)cc2)cc1. The van der Waals surface area contributed by atoms with E-state index >= 15 is 0 Å². The zero-order chi connectivity index (χ0) is 22.2. The van der Waals surface area contributed by atoms with Crippen molar-refractivity contribution in [2.45, 2.75) is 32.6 Å². The van der Waals surface area contributed by atoms with Gasteiger partial charge in [0.05, 0.1) is 25.9 Å². The van der Waals surface area contributed by atoms with E-state index in [-0.39, 0.29) is 30.6 Å². The van der Waals surface area contributed by atoms with Gasteiger partial charge in [0.2, 0.25) is 0 Å². The molecule has 1 aliphatic rings. The van der Waals surface area contributed by atoms with Crippen molar-refractivity contribution in [3.63, 3.8) is 0 Å². The van der Waals surface area contributed by atoms with Crippen molar-refractivity contribution in [1.29, 1.82) is 0 Å². The molecule has 2 aromatic carbocycles. The standard InChI is InChI=1S/C23H30N4O4/c1-16-13-27(14-17(2)31-16)15-18-4-6-19(7-5-18)23(29)26-25-22(28)12-24-20-8-10-21(30-3)11-9-20/h4-11,16-17,24H,12-15H2,1-3H3,(H,25,28)(H,26,29). The number of hydrogen-bond acceptors (Lipinski definition) is 6.